The zero-order chi connectivity index (χ0) is 20.0. The van der Waals surface area contributed by atoms with Crippen LogP contribution in [-0.2, 0) is 14.3 Å². The van der Waals surface area contributed by atoms with E-state index in [1.807, 2.05) is 54.6 Å². The Bertz CT molecular complexity index is 892. The molecule has 0 spiro atoms. The third-order valence-electron chi connectivity index (χ3n) is 4.55. The summed E-state index contributed by atoms with van der Waals surface area (Å²) in [4.78, 5) is 24.5. The lowest BCUT2D eigenvalue weighted by molar-refractivity contribution is -0.149. The maximum Gasteiger partial charge on any atom is 0.303 e. The van der Waals surface area contributed by atoms with Crippen molar-refractivity contribution in [2.75, 3.05) is 0 Å². The first-order valence-corrected chi connectivity index (χ1v) is 11.0. The molecule has 142 valence electrons. The Balaban J connectivity index is 2.33. The molecular formula is C24H23O3P. The number of carbonyl (C=O) groups is 2. The number of hydrogen-bond acceptors (Lipinski definition) is 3. The summed E-state index contributed by atoms with van der Waals surface area (Å²) in [5, 5.41) is 3.24. The summed E-state index contributed by atoms with van der Waals surface area (Å²) in [6, 6.07) is 30.2. The number of hydrogen-bond donors (Lipinski definition) is 0. The van der Waals surface area contributed by atoms with E-state index in [1.54, 1.807) is 12.7 Å². The summed E-state index contributed by atoms with van der Waals surface area (Å²) >= 11 is 0. The van der Waals surface area contributed by atoms with Crippen LogP contribution in [0, 0.1) is 0 Å². The highest BCUT2D eigenvalue weighted by molar-refractivity contribution is 7.95. The van der Waals surface area contributed by atoms with Crippen LogP contribution < -0.4 is 15.9 Å². The highest BCUT2D eigenvalue weighted by Crippen LogP contribution is 2.43. The Hall–Kier alpha value is -2.90. The molecule has 0 aliphatic carbocycles. The lowest BCUT2D eigenvalue weighted by Gasteiger charge is -2.28. The summed E-state index contributed by atoms with van der Waals surface area (Å²) in [6.45, 7) is 0.566. The number of esters is 1. The van der Waals surface area contributed by atoms with Crippen LogP contribution in [0.25, 0.3) is 0 Å². The molecule has 0 bridgehead atoms. The Kier molecular flexibility index (Phi) is 6.28. The lowest BCUT2D eigenvalue weighted by Crippen LogP contribution is -2.32. The van der Waals surface area contributed by atoms with Gasteiger partial charge in [0.25, 0.3) is 0 Å². The molecule has 28 heavy (non-hydrogen) atoms. The van der Waals surface area contributed by atoms with E-state index in [2.05, 4.69) is 36.4 Å². The Morgan fingerprint density at radius 1 is 0.750 bits per heavy atom. The van der Waals surface area contributed by atoms with Gasteiger partial charge < -0.3 is 4.74 Å². The molecular weight excluding hydrogens is 367 g/mol. The van der Waals surface area contributed by atoms with Crippen molar-refractivity contribution in [1.29, 1.82) is 0 Å². The van der Waals surface area contributed by atoms with Gasteiger partial charge in [0, 0.05) is 6.92 Å². The first-order valence-electron chi connectivity index (χ1n) is 9.16. The van der Waals surface area contributed by atoms with Gasteiger partial charge in [-0.15, -0.1) is 0 Å². The average Bonchev–Trinajstić information content (AvgIpc) is 2.73. The molecule has 0 saturated carbocycles. The fourth-order valence-electron chi connectivity index (χ4n) is 3.26. The molecule has 0 heterocycles. The number of ketones is 1. The summed E-state index contributed by atoms with van der Waals surface area (Å²) in [5.74, 6) is 1.14. The molecule has 0 unspecified atom stereocenters. The molecule has 4 heteroatoms. The first-order chi connectivity index (χ1) is 13.5. The van der Waals surface area contributed by atoms with Crippen molar-refractivity contribution in [1.82, 2.24) is 0 Å². The van der Waals surface area contributed by atoms with Crippen LogP contribution in [0.4, 0.5) is 0 Å². The maximum atomic E-state index is 13.1. The van der Waals surface area contributed by atoms with Crippen molar-refractivity contribution in [3.63, 3.8) is 0 Å². The Morgan fingerprint density at radius 2 is 1.11 bits per heavy atom. The second-order valence-corrected chi connectivity index (χ2v) is 9.77. The van der Waals surface area contributed by atoms with Gasteiger partial charge in [-0.2, -0.15) is 0 Å². The smallest absolute Gasteiger partial charge is 0.303 e. The number of carbonyl (C=O) groups excluding carboxylic acids is 2. The van der Waals surface area contributed by atoms with E-state index in [-0.39, 0.29) is 5.78 Å². The van der Waals surface area contributed by atoms with E-state index in [1.165, 1.54) is 6.92 Å². The minimum absolute atomic E-state index is 0.194. The fourth-order valence-corrected chi connectivity index (χ4v) is 7.12. The van der Waals surface area contributed by atoms with Crippen molar-refractivity contribution < 1.29 is 14.3 Å². The average molecular weight is 390 g/mol. The van der Waals surface area contributed by atoms with Crippen molar-refractivity contribution in [2.24, 2.45) is 0 Å². The highest BCUT2D eigenvalue weighted by Gasteiger charge is 2.28. The minimum atomic E-state index is -2.37. The number of Topliss-reactive ketones (excluding diaryl/α,β-unsaturated/α-hetero) is 1. The molecule has 0 aliphatic rings. The molecule has 3 aromatic rings. The van der Waals surface area contributed by atoms with Crippen LogP contribution in [0.1, 0.15) is 13.8 Å². The van der Waals surface area contributed by atoms with Gasteiger partial charge in [0.1, 0.15) is 0 Å². The topological polar surface area (TPSA) is 43.4 Å². The number of rotatable bonds is 6. The molecule has 0 N–H and O–H groups in total. The van der Waals surface area contributed by atoms with Crippen LogP contribution in [0.3, 0.4) is 0 Å². The second kappa shape index (κ2) is 8.86. The third-order valence-corrected chi connectivity index (χ3v) is 8.53. The van der Waals surface area contributed by atoms with E-state index >= 15 is 0 Å². The number of ether oxygens (including phenoxy) is 1. The minimum Gasteiger partial charge on any atom is -0.454 e. The van der Waals surface area contributed by atoms with Crippen molar-refractivity contribution >= 4 is 40.3 Å². The van der Waals surface area contributed by atoms with Gasteiger partial charge >= 0.3 is 5.97 Å². The standard InChI is InChI=1S/C24H23O3P/c1-19(27-20(2)25)24(26)18-28(21-12-6-3-7-13-21,22-14-8-4-9-15-22)23-16-10-5-11-17-23/h3-19H,1-2H3/t19-/m0/s1. The largest absolute Gasteiger partial charge is 0.454 e. The monoisotopic (exact) mass is 390 g/mol. The van der Waals surface area contributed by atoms with E-state index in [4.69, 9.17) is 4.74 Å². The van der Waals surface area contributed by atoms with Gasteiger partial charge in [0.2, 0.25) is 0 Å². The molecule has 1 atom stereocenters. The van der Waals surface area contributed by atoms with Crippen LogP contribution >= 0.6 is 6.89 Å². The van der Waals surface area contributed by atoms with Crippen LogP contribution in [0.5, 0.6) is 0 Å². The zero-order valence-electron chi connectivity index (χ0n) is 16.0. The van der Waals surface area contributed by atoms with Crippen molar-refractivity contribution in [3.8, 4) is 0 Å². The molecule has 0 saturated heterocycles. The van der Waals surface area contributed by atoms with Crippen LogP contribution in [0.15, 0.2) is 91.0 Å². The molecule has 3 nitrogen and oxygen atoms in total. The lowest BCUT2D eigenvalue weighted by atomic mass is 10.3. The molecule has 0 fully saturated rings. The predicted molar refractivity (Wildman–Crippen MR) is 117 cm³/mol. The second-order valence-electron chi connectivity index (χ2n) is 6.51. The molecule has 3 aromatic carbocycles. The van der Waals surface area contributed by atoms with Crippen molar-refractivity contribution in [3.05, 3.63) is 91.0 Å². The maximum absolute atomic E-state index is 13.1. The molecule has 0 aliphatic heterocycles. The Morgan fingerprint density at radius 3 is 1.43 bits per heavy atom. The SMILES string of the molecule is CC(=O)O[C@@H](C)C(=O)C=P(c1ccccc1)(c1ccccc1)c1ccccc1. The van der Waals surface area contributed by atoms with Gasteiger partial charge in [0.15, 0.2) is 11.9 Å². The summed E-state index contributed by atoms with van der Waals surface area (Å²) in [6.07, 6.45) is -0.826. The van der Waals surface area contributed by atoms with Crippen LogP contribution in [0.2, 0.25) is 0 Å². The Labute approximate surface area is 166 Å². The van der Waals surface area contributed by atoms with E-state index in [9.17, 15) is 9.59 Å². The summed E-state index contributed by atoms with van der Waals surface area (Å²) < 4.78 is 5.16. The third kappa shape index (κ3) is 4.16. The van der Waals surface area contributed by atoms with Gasteiger partial charge in [-0.1, -0.05) is 91.0 Å². The van der Waals surface area contributed by atoms with Crippen molar-refractivity contribution in [2.45, 2.75) is 20.0 Å². The highest BCUT2D eigenvalue weighted by atomic mass is 31.2. The first kappa shape index (κ1) is 19.9. The predicted octanol–water partition coefficient (Wildman–Crippen LogP) is 3.30. The van der Waals surface area contributed by atoms with Gasteiger partial charge in [0.05, 0.1) is 0 Å². The quantitative estimate of drug-likeness (QED) is 0.479. The van der Waals surface area contributed by atoms with E-state index < -0.39 is 19.0 Å². The number of benzene rings is 3. The summed E-state index contributed by atoms with van der Waals surface area (Å²) in [5.41, 5.74) is 0. The molecule has 0 radical (unpaired) electrons. The van der Waals surface area contributed by atoms with Crippen LogP contribution in [-0.4, -0.2) is 23.7 Å². The molecule has 3 rings (SSSR count). The van der Waals surface area contributed by atoms with E-state index in [0.29, 0.717) is 0 Å². The van der Waals surface area contributed by atoms with Gasteiger partial charge in [-0.05, 0) is 35.5 Å². The summed E-state index contributed by atoms with van der Waals surface area (Å²) in [7, 11) is 0. The normalized spacial score (nSPS) is 12.1. The molecule has 0 amide bonds. The zero-order valence-corrected chi connectivity index (χ0v) is 16.9. The fraction of sp³-hybridized carbons (Fsp3) is 0.125. The van der Waals surface area contributed by atoms with Gasteiger partial charge in [-0.25, -0.2) is 0 Å². The van der Waals surface area contributed by atoms with Gasteiger partial charge in [-0.3, -0.25) is 9.59 Å². The van der Waals surface area contributed by atoms with E-state index in [0.717, 1.165) is 15.9 Å². The molecule has 0 aromatic heterocycles.